The minimum Gasteiger partial charge on any atom is -0.493 e. The Bertz CT molecular complexity index is 380. The molecule has 0 aliphatic heterocycles. The first-order valence-electron chi connectivity index (χ1n) is 5.47. The van der Waals surface area contributed by atoms with E-state index in [2.05, 4.69) is 5.32 Å². The van der Waals surface area contributed by atoms with Gasteiger partial charge >= 0.3 is 0 Å². The van der Waals surface area contributed by atoms with Gasteiger partial charge in [0.25, 0.3) is 0 Å². The second kappa shape index (κ2) is 6.75. The van der Waals surface area contributed by atoms with Gasteiger partial charge in [0.2, 0.25) is 5.91 Å². The van der Waals surface area contributed by atoms with Gasteiger partial charge in [0.15, 0.2) is 11.5 Å². The van der Waals surface area contributed by atoms with Crippen molar-refractivity contribution in [1.82, 2.24) is 5.32 Å². The molecule has 0 atom stereocenters. The molecule has 0 heterocycles. The molecule has 0 radical (unpaired) electrons. The summed E-state index contributed by atoms with van der Waals surface area (Å²) in [4.78, 5) is 11.0. The number of methoxy groups -OCH3 is 1. The normalized spacial score (nSPS) is 9.82. The number of amides is 1. The van der Waals surface area contributed by atoms with E-state index in [1.807, 2.05) is 25.1 Å². The van der Waals surface area contributed by atoms with E-state index < -0.39 is 0 Å². The van der Waals surface area contributed by atoms with Gasteiger partial charge in [-0.05, 0) is 24.6 Å². The molecule has 5 heteroatoms. The molecule has 0 fully saturated rings. The van der Waals surface area contributed by atoms with Crippen molar-refractivity contribution in [3.63, 3.8) is 0 Å². The van der Waals surface area contributed by atoms with Crippen LogP contribution in [0.1, 0.15) is 12.5 Å². The number of carbonyl (C=O) groups is 1. The molecular weight excluding hydrogens is 220 g/mol. The highest BCUT2D eigenvalue weighted by Crippen LogP contribution is 2.27. The van der Waals surface area contributed by atoms with E-state index in [9.17, 15) is 4.79 Å². The van der Waals surface area contributed by atoms with Crippen LogP contribution in [0.3, 0.4) is 0 Å². The van der Waals surface area contributed by atoms with Crippen LogP contribution in [0, 0.1) is 0 Å². The number of ether oxygens (including phenoxy) is 2. The lowest BCUT2D eigenvalue weighted by Crippen LogP contribution is -2.29. The van der Waals surface area contributed by atoms with Gasteiger partial charge in [-0.2, -0.15) is 0 Å². The predicted octanol–water partition coefficient (Wildman–Crippen LogP) is 0.669. The van der Waals surface area contributed by atoms with Crippen molar-refractivity contribution in [2.24, 2.45) is 5.73 Å². The SMILES string of the molecule is CCOc1ccc(CNC(=O)CN)cc1OC. The largest absolute Gasteiger partial charge is 0.493 e. The molecule has 3 N–H and O–H groups in total. The van der Waals surface area contributed by atoms with Gasteiger partial charge in [0.05, 0.1) is 20.3 Å². The fourth-order valence-electron chi connectivity index (χ4n) is 1.37. The molecule has 0 saturated heterocycles. The quantitative estimate of drug-likeness (QED) is 0.764. The summed E-state index contributed by atoms with van der Waals surface area (Å²) in [5, 5.41) is 2.69. The molecule has 1 aromatic carbocycles. The van der Waals surface area contributed by atoms with Crippen LogP contribution in [0.25, 0.3) is 0 Å². The maximum absolute atomic E-state index is 11.0. The second-order valence-electron chi connectivity index (χ2n) is 3.40. The monoisotopic (exact) mass is 238 g/mol. The zero-order valence-electron chi connectivity index (χ0n) is 10.2. The third kappa shape index (κ3) is 3.96. The Morgan fingerprint density at radius 2 is 2.18 bits per heavy atom. The Morgan fingerprint density at radius 1 is 1.41 bits per heavy atom. The van der Waals surface area contributed by atoms with Gasteiger partial charge < -0.3 is 20.5 Å². The van der Waals surface area contributed by atoms with E-state index in [-0.39, 0.29) is 12.5 Å². The molecule has 0 bridgehead atoms. The minimum atomic E-state index is -0.183. The van der Waals surface area contributed by atoms with Crippen molar-refractivity contribution in [3.05, 3.63) is 23.8 Å². The van der Waals surface area contributed by atoms with Crippen molar-refractivity contribution in [3.8, 4) is 11.5 Å². The van der Waals surface area contributed by atoms with Crippen LogP contribution in [0.4, 0.5) is 0 Å². The van der Waals surface area contributed by atoms with Crippen LogP contribution in [-0.2, 0) is 11.3 Å². The van der Waals surface area contributed by atoms with E-state index >= 15 is 0 Å². The first-order chi connectivity index (χ1) is 8.21. The highest BCUT2D eigenvalue weighted by Gasteiger charge is 2.05. The average molecular weight is 238 g/mol. The Hall–Kier alpha value is -1.75. The van der Waals surface area contributed by atoms with Crippen molar-refractivity contribution in [2.45, 2.75) is 13.5 Å². The Morgan fingerprint density at radius 3 is 2.76 bits per heavy atom. The van der Waals surface area contributed by atoms with Crippen LogP contribution in [0.2, 0.25) is 0 Å². The molecule has 5 nitrogen and oxygen atoms in total. The maximum atomic E-state index is 11.0. The maximum Gasteiger partial charge on any atom is 0.234 e. The van der Waals surface area contributed by atoms with Gasteiger partial charge in [-0.15, -0.1) is 0 Å². The van der Waals surface area contributed by atoms with Crippen molar-refractivity contribution in [1.29, 1.82) is 0 Å². The van der Waals surface area contributed by atoms with Gasteiger partial charge in [0.1, 0.15) is 0 Å². The fraction of sp³-hybridized carbons (Fsp3) is 0.417. The van der Waals surface area contributed by atoms with Crippen LogP contribution in [-0.4, -0.2) is 26.2 Å². The molecule has 1 aromatic rings. The van der Waals surface area contributed by atoms with Gasteiger partial charge in [-0.1, -0.05) is 6.07 Å². The number of carbonyl (C=O) groups excluding carboxylic acids is 1. The van der Waals surface area contributed by atoms with Crippen molar-refractivity contribution in [2.75, 3.05) is 20.3 Å². The van der Waals surface area contributed by atoms with Crippen LogP contribution in [0.15, 0.2) is 18.2 Å². The lowest BCUT2D eigenvalue weighted by molar-refractivity contribution is -0.119. The third-order valence-corrected chi connectivity index (χ3v) is 2.20. The van der Waals surface area contributed by atoms with Crippen molar-refractivity contribution >= 4 is 5.91 Å². The molecule has 0 aliphatic rings. The first-order valence-corrected chi connectivity index (χ1v) is 5.47. The smallest absolute Gasteiger partial charge is 0.234 e. The van der Waals surface area contributed by atoms with E-state index in [1.165, 1.54) is 0 Å². The summed E-state index contributed by atoms with van der Waals surface area (Å²) in [7, 11) is 1.58. The van der Waals surface area contributed by atoms with Gasteiger partial charge in [0, 0.05) is 6.54 Å². The zero-order valence-corrected chi connectivity index (χ0v) is 10.2. The Balaban J connectivity index is 2.71. The van der Waals surface area contributed by atoms with E-state index in [0.717, 1.165) is 5.56 Å². The summed E-state index contributed by atoms with van der Waals surface area (Å²) >= 11 is 0. The summed E-state index contributed by atoms with van der Waals surface area (Å²) in [6.07, 6.45) is 0. The first kappa shape index (κ1) is 13.3. The summed E-state index contributed by atoms with van der Waals surface area (Å²) in [5.74, 6) is 1.17. The topological polar surface area (TPSA) is 73.6 Å². The van der Waals surface area contributed by atoms with Crippen LogP contribution < -0.4 is 20.5 Å². The molecule has 0 aromatic heterocycles. The third-order valence-electron chi connectivity index (χ3n) is 2.20. The van der Waals surface area contributed by atoms with E-state index in [4.69, 9.17) is 15.2 Å². The van der Waals surface area contributed by atoms with Gasteiger partial charge in [-0.25, -0.2) is 0 Å². The second-order valence-corrected chi connectivity index (χ2v) is 3.40. The van der Waals surface area contributed by atoms with Crippen LogP contribution >= 0.6 is 0 Å². The molecule has 17 heavy (non-hydrogen) atoms. The minimum absolute atomic E-state index is 0.00579. The van der Waals surface area contributed by atoms with E-state index in [0.29, 0.717) is 24.7 Å². The average Bonchev–Trinajstić information content (AvgIpc) is 2.37. The fourth-order valence-corrected chi connectivity index (χ4v) is 1.37. The Kier molecular flexibility index (Phi) is 5.29. The number of hydrogen-bond donors (Lipinski definition) is 2. The molecule has 94 valence electrons. The van der Waals surface area contributed by atoms with E-state index in [1.54, 1.807) is 7.11 Å². The van der Waals surface area contributed by atoms with Crippen molar-refractivity contribution < 1.29 is 14.3 Å². The summed E-state index contributed by atoms with van der Waals surface area (Å²) in [6.45, 7) is 2.92. The lowest BCUT2D eigenvalue weighted by atomic mass is 10.2. The molecule has 0 unspecified atom stereocenters. The molecule has 0 saturated carbocycles. The molecule has 1 amide bonds. The highest BCUT2D eigenvalue weighted by molar-refractivity contribution is 5.77. The summed E-state index contributed by atoms with van der Waals surface area (Å²) < 4.78 is 10.6. The standard InChI is InChI=1S/C12H18N2O3/c1-3-17-10-5-4-9(6-11(10)16-2)8-14-12(15)7-13/h4-6H,3,7-8,13H2,1-2H3,(H,14,15). The molecule has 0 spiro atoms. The molecular formula is C12H18N2O3. The highest BCUT2D eigenvalue weighted by atomic mass is 16.5. The molecule has 0 aliphatic carbocycles. The summed E-state index contributed by atoms with van der Waals surface area (Å²) in [6, 6.07) is 5.54. The lowest BCUT2D eigenvalue weighted by Gasteiger charge is -2.11. The number of nitrogens with one attached hydrogen (secondary N) is 1. The number of nitrogens with two attached hydrogens (primary N) is 1. The Labute approximate surface area is 101 Å². The number of rotatable bonds is 6. The predicted molar refractivity (Wildman–Crippen MR) is 65.1 cm³/mol. The van der Waals surface area contributed by atoms with Crippen LogP contribution in [0.5, 0.6) is 11.5 Å². The zero-order chi connectivity index (χ0) is 12.7. The summed E-state index contributed by atoms with van der Waals surface area (Å²) in [5.41, 5.74) is 6.14. The van der Waals surface area contributed by atoms with Gasteiger partial charge in [-0.3, -0.25) is 4.79 Å². The molecule has 1 rings (SSSR count). The number of hydrogen-bond acceptors (Lipinski definition) is 4. The number of benzene rings is 1.